The summed E-state index contributed by atoms with van der Waals surface area (Å²) in [6, 6.07) is 9.62. The molecule has 0 saturated carbocycles. The third kappa shape index (κ3) is 2.71. The van der Waals surface area contributed by atoms with Gasteiger partial charge in [0.2, 0.25) is 0 Å². The number of rotatable bonds is 2. The summed E-state index contributed by atoms with van der Waals surface area (Å²) in [4.78, 5) is 0. The second-order valence-corrected chi connectivity index (χ2v) is 5.60. The van der Waals surface area contributed by atoms with Crippen LogP contribution in [0.5, 0.6) is 0 Å². The molecule has 0 N–H and O–H groups in total. The molecule has 0 aliphatic carbocycles. The van der Waals surface area contributed by atoms with E-state index in [4.69, 9.17) is 13.6 Å². The molecule has 2 rings (SSSR count). The van der Waals surface area contributed by atoms with Gasteiger partial charge >= 0.3 is 7.74 Å². The first-order valence-electron chi connectivity index (χ1n) is 5.30. The number of hydrogen-bond acceptors (Lipinski definition) is 4. The van der Waals surface area contributed by atoms with Crippen molar-refractivity contribution in [2.75, 3.05) is 13.7 Å². The Bertz CT molecular complexity index is 393. The fraction of sp³-hybridized carbons (Fsp3) is 0.455. The van der Waals surface area contributed by atoms with Gasteiger partial charge in [-0.3, -0.25) is 4.52 Å². The highest BCUT2D eigenvalue weighted by Crippen LogP contribution is 2.57. The first kappa shape index (κ1) is 11.8. The maximum Gasteiger partial charge on any atom is 0.360 e. The van der Waals surface area contributed by atoms with E-state index in [-0.39, 0.29) is 6.10 Å². The maximum absolute atomic E-state index is 5.73. The lowest BCUT2D eigenvalue weighted by Gasteiger charge is -2.30. The monoisotopic (exact) mass is 241 g/mol. The van der Waals surface area contributed by atoms with Crippen molar-refractivity contribution >= 4 is 13.4 Å². The average Bonchev–Trinajstić information content (AvgIpc) is 2.30. The van der Waals surface area contributed by atoms with Crippen molar-refractivity contribution in [3.05, 3.63) is 30.3 Å². The summed E-state index contributed by atoms with van der Waals surface area (Å²) >= 11 is 0. The minimum absolute atomic E-state index is 0.134. The van der Waals surface area contributed by atoms with E-state index in [0.29, 0.717) is 6.61 Å². The van der Waals surface area contributed by atoms with Crippen molar-refractivity contribution in [1.82, 2.24) is 0 Å². The molecule has 2 atom stereocenters. The van der Waals surface area contributed by atoms with E-state index in [1.54, 1.807) is 7.11 Å². The van der Waals surface area contributed by atoms with Gasteiger partial charge in [0.25, 0.3) is 0 Å². The first-order chi connectivity index (χ1) is 7.74. The third-order valence-corrected chi connectivity index (χ3v) is 4.39. The molecule has 0 spiro atoms. The normalized spacial score (nSPS) is 30.0. The summed E-state index contributed by atoms with van der Waals surface area (Å²) < 4.78 is 21.1. The molecule has 1 fully saturated rings. The zero-order valence-electron chi connectivity index (χ0n) is 9.50. The van der Waals surface area contributed by atoms with Crippen molar-refractivity contribution in [3.8, 4) is 0 Å². The van der Waals surface area contributed by atoms with E-state index in [1.165, 1.54) is 0 Å². The minimum Gasteiger partial charge on any atom is -0.306 e. The molecule has 0 unspecified atom stereocenters. The van der Waals surface area contributed by atoms with Crippen molar-refractivity contribution in [3.63, 3.8) is 0 Å². The molecule has 1 aliphatic rings. The maximum atomic E-state index is 5.73. The van der Waals surface area contributed by atoms with Crippen LogP contribution in [0.25, 0.3) is 0 Å². The lowest BCUT2D eigenvalue weighted by atomic mass is 10.3. The van der Waals surface area contributed by atoms with E-state index in [9.17, 15) is 0 Å². The van der Waals surface area contributed by atoms with Gasteiger partial charge in [-0.25, -0.2) is 0 Å². The van der Waals surface area contributed by atoms with E-state index >= 15 is 0 Å². The predicted molar refractivity (Wildman–Crippen MR) is 63.6 cm³/mol. The Morgan fingerprint density at radius 3 is 2.75 bits per heavy atom. The van der Waals surface area contributed by atoms with Crippen molar-refractivity contribution in [2.45, 2.75) is 19.4 Å². The standard InChI is InChI=1S/C11H16NO3P/c1-10-8-9-14-16(13-2,15-10)12-11-6-4-3-5-7-11/h3-7,10H,8-9H2,1-2H3/t10-,16-/m1/s1. The summed E-state index contributed by atoms with van der Waals surface area (Å²) in [5.74, 6) is 0. The average molecular weight is 241 g/mol. The smallest absolute Gasteiger partial charge is 0.306 e. The van der Waals surface area contributed by atoms with Gasteiger partial charge in [-0.15, -0.1) is 0 Å². The first-order valence-corrected chi connectivity index (χ1v) is 6.80. The molecular weight excluding hydrogens is 225 g/mol. The van der Waals surface area contributed by atoms with Crippen LogP contribution >= 0.6 is 7.74 Å². The highest BCUT2D eigenvalue weighted by atomic mass is 31.2. The van der Waals surface area contributed by atoms with Crippen LogP contribution in [0.3, 0.4) is 0 Å². The molecule has 5 heteroatoms. The summed E-state index contributed by atoms with van der Waals surface area (Å²) in [6.07, 6.45) is 1.02. The molecule has 1 aromatic rings. The Labute approximate surface area is 95.8 Å². The van der Waals surface area contributed by atoms with Crippen LogP contribution in [0.15, 0.2) is 35.1 Å². The van der Waals surface area contributed by atoms with Gasteiger partial charge in [0.05, 0.1) is 18.4 Å². The molecule has 0 amide bonds. The van der Waals surface area contributed by atoms with Crippen LogP contribution in [-0.2, 0) is 13.6 Å². The van der Waals surface area contributed by atoms with E-state index < -0.39 is 7.74 Å². The Morgan fingerprint density at radius 2 is 2.12 bits per heavy atom. The molecule has 0 bridgehead atoms. The zero-order valence-corrected chi connectivity index (χ0v) is 10.4. The van der Waals surface area contributed by atoms with Crippen LogP contribution in [0, 0.1) is 0 Å². The molecule has 0 aromatic heterocycles. The highest BCUT2D eigenvalue weighted by molar-refractivity contribution is 7.51. The quantitative estimate of drug-likeness (QED) is 0.740. The lowest BCUT2D eigenvalue weighted by molar-refractivity contribution is 0.0710. The summed E-state index contributed by atoms with van der Waals surface area (Å²) in [6.45, 7) is 2.65. The van der Waals surface area contributed by atoms with E-state index in [1.807, 2.05) is 37.3 Å². The Kier molecular flexibility index (Phi) is 3.77. The molecule has 1 heterocycles. The molecule has 1 aliphatic heterocycles. The van der Waals surface area contributed by atoms with Gasteiger partial charge in [-0.1, -0.05) is 18.2 Å². The van der Waals surface area contributed by atoms with Crippen molar-refractivity contribution in [2.24, 2.45) is 4.74 Å². The topological polar surface area (TPSA) is 40.0 Å². The third-order valence-electron chi connectivity index (χ3n) is 2.32. The van der Waals surface area contributed by atoms with Gasteiger partial charge in [0.15, 0.2) is 0 Å². The molecule has 0 radical (unpaired) electrons. The van der Waals surface area contributed by atoms with Gasteiger partial charge < -0.3 is 9.05 Å². The molecule has 88 valence electrons. The molecule has 1 aromatic carbocycles. The Hall–Kier alpha value is -0.670. The molecular formula is C11H16NO3P. The fourth-order valence-corrected chi connectivity index (χ4v) is 3.22. The van der Waals surface area contributed by atoms with Crippen molar-refractivity contribution in [1.29, 1.82) is 0 Å². The number of nitrogens with zero attached hydrogens (tertiary/aromatic N) is 1. The van der Waals surface area contributed by atoms with Crippen LogP contribution in [0.4, 0.5) is 5.69 Å². The molecule has 4 nitrogen and oxygen atoms in total. The SMILES string of the molecule is CO[P@]1(=Nc2ccccc2)OCC[C@@H](C)O1. The molecule has 1 saturated heterocycles. The van der Waals surface area contributed by atoms with Gasteiger partial charge in [-0.05, 0) is 25.5 Å². The summed E-state index contributed by atoms with van der Waals surface area (Å²) in [5, 5.41) is 0. The van der Waals surface area contributed by atoms with E-state index in [2.05, 4.69) is 4.74 Å². The number of benzene rings is 1. The largest absolute Gasteiger partial charge is 0.360 e. The second-order valence-electron chi connectivity index (χ2n) is 3.62. The van der Waals surface area contributed by atoms with Crippen molar-refractivity contribution < 1.29 is 13.6 Å². The van der Waals surface area contributed by atoms with Crippen LogP contribution < -0.4 is 0 Å². The van der Waals surface area contributed by atoms with Crippen LogP contribution in [-0.4, -0.2) is 19.8 Å². The van der Waals surface area contributed by atoms with E-state index in [0.717, 1.165) is 12.1 Å². The number of hydrogen-bond donors (Lipinski definition) is 0. The van der Waals surface area contributed by atoms with Gasteiger partial charge in [0.1, 0.15) is 0 Å². The highest BCUT2D eigenvalue weighted by Gasteiger charge is 2.29. The van der Waals surface area contributed by atoms with Crippen LogP contribution in [0.2, 0.25) is 0 Å². The Balaban J connectivity index is 2.30. The zero-order chi connectivity index (χ0) is 11.4. The summed E-state index contributed by atoms with van der Waals surface area (Å²) in [7, 11) is -0.943. The molecule has 16 heavy (non-hydrogen) atoms. The van der Waals surface area contributed by atoms with Gasteiger partial charge in [-0.2, -0.15) is 4.74 Å². The minimum atomic E-state index is -2.52. The second kappa shape index (κ2) is 5.11. The lowest BCUT2D eigenvalue weighted by Crippen LogP contribution is -2.17. The van der Waals surface area contributed by atoms with Gasteiger partial charge in [0, 0.05) is 7.11 Å². The fourth-order valence-electron chi connectivity index (χ4n) is 1.47. The Morgan fingerprint density at radius 1 is 1.38 bits per heavy atom. The predicted octanol–water partition coefficient (Wildman–Crippen LogP) is 3.74. The van der Waals surface area contributed by atoms with Crippen LogP contribution in [0.1, 0.15) is 13.3 Å². The summed E-state index contributed by atoms with van der Waals surface area (Å²) in [5.41, 5.74) is 0.826.